The van der Waals surface area contributed by atoms with E-state index in [1.807, 2.05) is 26.0 Å². The Morgan fingerprint density at radius 2 is 2.06 bits per heavy atom. The van der Waals surface area contributed by atoms with Crippen LogP contribution in [0.4, 0.5) is 0 Å². The van der Waals surface area contributed by atoms with E-state index < -0.39 is 6.10 Å². The van der Waals surface area contributed by atoms with Crippen molar-refractivity contribution in [2.24, 2.45) is 0 Å². The molecule has 1 aromatic rings. The second kappa shape index (κ2) is 8.21. The number of hydrogen-bond donors (Lipinski definition) is 3. The van der Waals surface area contributed by atoms with Crippen LogP contribution < -0.4 is 5.32 Å². The first-order valence-electron chi connectivity index (χ1n) is 6.29. The summed E-state index contributed by atoms with van der Waals surface area (Å²) in [7, 11) is 0. The minimum absolute atomic E-state index is 0.0468. The van der Waals surface area contributed by atoms with Gasteiger partial charge in [0.25, 0.3) is 0 Å². The van der Waals surface area contributed by atoms with Gasteiger partial charge >= 0.3 is 0 Å². The Hall–Kier alpha value is -0.940. The van der Waals surface area contributed by atoms with Gasteiger partial charge in [0, 0.05) is 13.1 Å². The monoisotopic (exact) mass is 253 g/mol. The third-order valence-electron chi connectivity index (χ3n) is 2.78. The van der Waals surface area contributed by atoms with E-state index in [4.69, 9.17) is 9.84 Å². The summed E-state index contributed by atoms with van der Waals surface area (Å²) in [5.74, 6) is 0. The van der Waals surface area contributed by atoms with Crippen molar-refractivity contribution in [1.29, 1.82) is 0 Å². The second-order valence-electron chi connectivity index (χ2n) is 4.42. The maximum atomic E-state index is 10.1. The van der Waals surface area contributed by atoms with Gasteiger partial charge in [-0.25, -0.2) is 0 Å². The number of aliphatic hydroxyl groups excluding tert-OH is 2. The largest absolute Gasteiger partial charge is 0.394 e. The van der Waals surface area contributed by atoms with E-state index in [0.29, 0.717) is 26.3 Å². The zero-order valence-electron chi connectivity index (χ0n) is 11.1. The molecule has 0 radical (unpaired) electrons. The summed E-state index contributed by atoms with van der Waals surface area (Å²) in [5.41, 5.74) is 3.28. The maximum Gasteiger partial charge on any atom is 0.0916 e. The van der Waals surface area contributed by atoms with Gasteiger partial charge in [-0.2, -0.15) is 0 Å². The summed E-state index contributed by atoms with van der Waals surface area (Å²) in [6, 6.07) is 6.05. The molecule has 1 unspecified atom stereocenters. The number of benzene rings is 1. The van der Waals surface area contributed by atoms with E-state index in [1.54, 1.807) is 0 Å². The molecule has 0 saturated heterocycles. The molecule has 0 aliphatic heterocycles. The molecule has 0 spiro atoms. The summed E-state index contributed by atoms with van der Waals surface area (Å²) in [6.45, 7) is 6.18. The highest BCUT2D eigenvalue weighted by Crippen LogP contribution is 2.18. The first-order valence-corrected chi connectivity index (χ1v) is 6.29. The van der Waals surface area contributed by atoms with Crippen molar-refractivity contribution >= 4 is 0 Å². The zero-order valence-corrected chi connectivity index (χ0v) is 11.1. The van der Waals surface area contributed by atoms with Crippen molar-refractivity contribution in [3.63, 3.8) is 0 Å². The molecule has 1 aromatic carbocycles. The van der Waals surface area contributed by atoms with E-state index >= 15 is 0 Å². The van der Waals surface area contributed by atoms with E-state index in [1.165, 1.54) is 5.56 Å². The van der Waals surface area contributed by atoms with Crippen LogP contribution in [0.1, 0.15) is 22.8 Å². The van der Waals surface area contributed by atoms with Crippen molar-refractivity contribution in [3.05, 3.63) is 34.9 Å². The topological polar surface area (TPSA) is 61.7 Å². The Kier molecular flexibility index (Phi) is 6.90. The summed E-state index contributed by atoms with van der Waals surface area (Å²) in [5, 5.41) is 21.7. The standard InChI is InChI=1S/C14H23NO3/c1-11-3-4-13(12(2)9-11)14(17)10-15-5-7-18-8-6-16/h3-4,9,14-17H,5-8,10H2,1-2H3. The fraction of sp³-hybridized carbons (Fsp3) is 0.571. The molecular weight excluding hydrogens is 230 g/mol. The summed E-state index contributed by atoms with van der Waals surface area (Å²) >= 11 is 0. The minimum atomic E-state index is -0.497. The lowest BCUT2D eigenvalue weighted by molar-refractivity contribution is 0.0910. The molecule has 1 rings (SSSR count). The predicted molar refractivity (Wildman–Crippen MR) is 71.7 cm³/mol. The van der Waals surface area contributed by atoms with Crippen LogP contribution in [-0.2, 0) is 4.74 Å². The van der Waals surface area contributed by atoms with Gasteiger partial charge < -0.3 is 20.3 Å². The van der Waals surface area contributed by atoms with Crippen molar-refractivity contribution < 1.29 is 14.9 Å². The Labute approximate surface area is 109 Å². The molecule has 102 valence electrons. The molecule has 1 atom stereocenters. The van der Waals surface area contributed by atoms with Gasteiger partial charge in [-0.3, -0.25) is 0 Å². The Balaban J connectivity index is 2.29. The fourth-order valence-corrected chi connectivity index (χ4v) is 1.86. The first-order chi connectivity index (χ1) is 8.65. The number of hydrogen-bond acceptors (Lipinski definition) is 4. The van der Waals surface area contributed by atoms with Gasteiger partial charge in [0.05, 0.1) is 25.9 Å². The molecule has 0 aliphatic rings. The van der Waals surface area contributed by atoms with Crippen LogP contribution in [0.25, 0.3) is 0 Å². The average molecular weight is 253 g/mol. The normalized spacial score (nSPS) is 12.7. The van der Waals surface area contributed by atoms with Crippen LogP contribution in [0, 0.1) is 13.8 Å². The molecule has 18 heavy (non-hydrogen) atoms. The van der Waals surface area contributed by atoms with Crippen LogP contribution in [0.2, 0.25) is 0 Å². The number of ether oxygens (including phenoxy) is 1. The molecule has 4 nitrogen and oxygen atoms in total. The molecule has 0 saturated carbocycles. The van der Waals surface area contributed by atoms with Gasteiger partial charge in [-0.05, 0) is 25.0 Å². The average Bonchev–Trinajstić information content (AvgIpc) is 2.33. The molecular formula is C14H23NO3. The van der Waals surface area contributed by atoms with Gasteiger partial charge in [-0.1, -0.05) is 23.8 Å². The van der Waals surface area contributed by atoms with Gasteiger partial charge in [-0.15, -0.1) is 0 Å². The number of aliphatic hydroxyl groups is 2. The number of aryl methyl sites for hydroxylation is 2. The van der Waals surface area contributed by atoms with E-state index in [2.05, 4.69) is 11.4 Å². The van der Waals surface area contributed by atoms with E-state index in [0.717, 1.165) is 11.1 Å². The van der Waals surface area contributed by atoms with Crippen LogP contribution >= 0.6 is 0 Å². The molecule has 0 aromatic heterocycles. The van der Waals surface area contributed by atoms with Gasteiger partial charge in [0.2, 0.25) is 0 Å². The zero-order chi connectivity index (χ0) is 13.4. The van der Waals surface area contributed by atoms with Crippen molar-refractivity contribution in [3.8, 4) is 0 Å². The molecule has 3 N–H and O–H groups in total. The highest BCUT2D eigenvalue weighted by atomic mass is 16.5. The summed E-state index contributed by atoms with van der Waals surface area (Å²) in [4.78, 5) is 0. The Morgan fingerprint density at radius 3 is 2.72 bits per heavy atom. The third kappa shape index (κ3) is 5.14. The fourth-order valence-electron chi connectivity index (χ4n) is 1.86. The Morgan fingerprint density at radius 1 is 1.28 bits per heavy atom. The van der Waals surface area contributed by atoms with Gasteiger partial charge in [0.15, 0.2) is 0 Å². The third-order valence-corrected chi connectivity index (χ3v) is 2.78. The quantitative estimate of drug-likeness (QED) is 0.603. The van der Waals surface area contributed by atoms with Crippen LogP contribution in [-0.4, -0.2) is 43.1 Å². The molecule has 0 heterocycles. The van der Waals surface area contributed by atoms with Crippen molar-refractivity contribution in [2.75, 3.05) is 32.9 Å². The maximum absolute atomic E-state index is 10.1. The molecule has 4 heteroatoms. The molecule has 0 bridgehead atoms. The summed E-state index contributed by atoms with van der Waals surface area (Å²) in [6.07, 6.45) is -0.497. The van der Waals surface area contributed by atoms with Crippen molar-refractivity contribution in [2.45, 2.75) is 20.0 Å². The number of nitrogens with one attached hydrogen (secondary N) is 1. The minimum Gasteiger partial charge on any atom is -0.394 e. The highest BCUT2D eigenvalue weighted by molar-refractivity contribution is 5.32. The lowest BCUT2D eigenvalue weighted by Gasteiger charge is -2.15. The summed E-state index contributed by atoms with van der Waals surface area (Å²) < 4.78 is 5.12. The van der Waals surface area contributed by atoms with Crippen LogP contribution in [0.3, 0.4) is 0 Å². The second-order valence-corrected chi connectivity index (χ2v) is 4.42. The highest BCUT2D eigenvalue weighted by Gasteiger charge is 2.09. The van der Waals surface area contributed by atoms with E-state index in [9.17, 15) is 5.11 Å². The first kappa shape index (κ1) is 15.1. The van der Waals surface area contributed by atoms with Gasteiger partial charge in [0.1, 0.15) is 0 Å². The SMILES string of the molecule is Cc1ccc(C(O)CNCCOCCO)c(C)c1. The lowest BCUT2D eigenvalue weighted by atomic mass is 10.0. The predicted octanol–water partition coefficient (Wildman–Crippen LogP) is 0.935. The smallest absolute Gasteiger partial charge is 0.0916 e. The van der Waals surface area contributed by atoms with E-state index in [-0.39, 0.29) is 6.61 Å². The molecule has 0 amide bonds. The van der Waals surface area contributed by atoms with Crippen LogP contribution in [0.15, 0.2) is 18.2 Å². The molecule has 0 fully saturated rings. The molecule has 0 aliphatic carbocycles. The Bertz CT molecular complexity index is 355. The van der Waals surface area contributed by atoms with Crippen LogP contribution in [0.5, 0.6) is 0 Å². The van der Waals surface area contributed by atoms with Crippen molar-refractivity contribution in [1.82, 2.24) is 5.32 Å². The lowest BCUT2D eigenvalue weighted by Crippen LogP contribution is -2.26. The number of rotatable bonds is 8.